The average molecular weight is 311 g/mol. The molecule has 0 fully saturated rings. The summed E-state index contributed by atoms with van der Waals surface area (Å²) >= 11 is 5.06. The molecule has 0 saturated carbocycles. The highest BCUT2D eigenvalue weighted by atomic mass is 32.1. The standard InChI is InChI=1S/C14H21N3O3S/c1-10(8-19-2)15-14(21)17-16-13(18)12-6-4-11(5-7-12)9-20-3/h4-7,10H,8-9H2,1-3H3,(H,16,18)(H2,15,17,21)/t10-/m1/s1. The molecule has 6 nitrogen and oxygen atoms in total. The number of ether oxygens (including phenoxy) is 2. The summed E-state index contributed by atoms with van der Waals surface area (Å²) in [5.41, 5.74) is 6.73. The van der Waals surface area contributed by atoms with Crippen molar-refractivity contribution in [1.82, 2.24) is 16.2 Å². The lowest BCUT2D eigenvalue weighted by Gasteiger charge is -2.16. The number of rotatable bonds is 6. The van der Waals surface area contributed by atoms with Crippen LogP contribution in [0.4, 0.5) is 0 Å². The molecule has 0 saturated heterocycles. The highest BCUT2D eigenvalue weighted by Gasteiger charge is 2.07. The largest absolute Gasteiger partial charge is 0.383 e. The van der Waals surface area contributed by atoms with Crippen LogP contribution in [0.2, 0.25) is 0 Å². The van der Waals surface area contributed by atoms with Gasteiger partial charge in [-0.15, -0.1) is 0 Å². The third kappa shape index (κ3) is 6.52. The summed E-state index contributed by atoms with van der Waals surface area (Å²) < 4.78 is 10.00. The molecule has 0 spiro atoms. The summed E-state index contributed by atoms with van der Waals surface area (Å²) in [5.74, 6) is -0.262. The second-order valence-corrected chi connectivity index (χ2v) is 4.95. The molecule has 0 unspecified atom stereocenters. The number of nitrogens with one attached hydrogen (secondary N) is 3. The molecule has 7 heteroatoms. The van der Waals surface area contributed by atoms with Crippen LogP contribution in [0.1, 0.15) is 22.8 Å². The van der Waals surface area contributed by atoms with Gasteiger partial charge in [0.15, 0.2) is 5.11 Å². The number of carbonyl (C=O) groups is 1. The van der Waals surface area contributed by atoms with Gasteiger partial charge in [0.05, 0.1) is 13.2 Å². The van der Waals surface area contributed by atoms with Crippen molar-refractivity contribution in [3.63, 3.8) is 0 Å². The van der Waals surface area contributed by atoms with Crippen LogP contribution >= 0.6 is 12.2 Å². The molecule has 0 aliphatic rings. The Morgan fingerprint density at radius 3 is 2.43 bits per heavy atom. The van der Waals surface area contributed by atoms with E-state index < -0.39 is 0 Å². The highest BCUT2D eigenvalue weighted by Crippen LogP contribution is 2.05. The van der Waals surface area contributed by atoms with E-state index in [1.807, 2.05) is 19.1 Å². The SMILES string of the molecule is COCc1ccc(C(=O)NNC(=S)N[C@H](C)COC)cc1. The van der Waals surface area contributed by atoms with Crippen LogP contribution in [0.3, 0.4) is 0 Å². The molecule has 1 rings (SSSR count). The maximum atomic E-state index is 11.9. The highest BCUT2D eigenvalue weighted by molar-refractivity contribution is 7.80. The van der Waals surface area contributed by atoms with Crippen LogP contribution in [0, 0.1) is 0 Å². The van der Waals surface area contributed by atoms with Gasteiger partial charge in [0, 0.05) is 25.8 Å². The number of hydrogen-bond acceptors (Lipinski definition) is 4. The minimum atomic E-state index is -0.262. The van der Waals surface area contributed by atoms with Crippen LogP contribution in [0.5, 0.6) is 0 Å². The molecule has 0 aliphatic carbocycles. The lowest BCUT2D eigenvalue weighted by Crippen LogP contribution is -2.49. The second-order valence-electron chi connectivity index (χ2n) is 4.54. The van der Waals surface area contributed by atoms with Crippen molar-refractivity contribution in [2.45, 2.75) is 19.6 Å². The van der Waals surface area contributed by atoms with E-state index in [-0.39, 0.29) is 11.9 Å². The van der Waals surface area contributed by atoms with Crippen molar-refractivity contribution < 1.29 is 14.3 Å². The van der Waals surface area contributed by atoms with E-state index in [9.17, 15) is 4.79 Å². The van der Waals surface area contributed by atoms with Gasteiger partial charge >= 0.3 is 0 Å². The van der Waals surface area contributed by atoms with Crippen LogP contribution in [0.25, 0.3) is 0 Å². The Labute approximate surface area is 130 Å². The minimum absolute atomic E-state index is 0.0558. The Hall–Kier alpha value is -1.70. The van der Waals surface area contributed by atoms with Gasteiger partial charge in [0.1, 0.15) is 0 Å². The third-order valence-corrected chi connectivity index (χ3v) is 2.83. The molecule has 0 radical (unpaired) electrons. The van der Waals surface area contributed by atoms with E-state index in [4.69, 9.17) is 21.7 Å². The van der Waals surface area contributed by atoms with E-state index in [2.05, 4.69) is 16.2 Å². The predicted molar refractivity (Wildman–Crippen MR) is 84.8 cm³/mol. The number of benzene rings is 1. The molecule has 0 bridgehead atoms. The molecule has 21 heavy (non-hydrogen) atoms. The van der Waals surface area contributed by atoms with Gasteiger partial charge in [-0.05, 0) is 36.8 Å². The summed E-state index contributed by atoms with van der Waals surface area (Å²) in [4.78, 5) is 11.9. The van der Waals surface area contributed by atoms with E-state index >= 15 is 0 Å². The van der Waals surface area contributed by atoms with Crippen molar-refractivity contribution in [2.24, 2.45) is 0 Å². The number of methoxy groups -OCH3 is 2. The summed E-state index contributed by atoms with van der Waals surface area (Å²) in [6.07, 6.45) is 0. The summed E-state index contributed by atoms with van der Waals surface area (Å²) in [7, 11) is 3.24. The van der Waals surface area contributed by atoms with Crippen molar-refractivity contribution in [3.8, 4) is 0 Å². The fourth-order valence-electron chi connectivity index (χ4n) is 1.66. The number of hydrazine groups is 1. The first-order chi connectivity index (χ1) is 10.1. The Bertz CT molecular complexity index is 465. The zero-order valence-electron chi connectivity index (χ0n) is 12.4. The normalized spacial score (nSPS) is 11.6. The summed E-state index contributed by atoms with van der Waals surface area (Å²) in [6, 6.07) is 7.20. The van der Waals surface area contributed by atoms with E-state index in [0.29, 0.717) is 23.9 Å². The lowest BCUT2D eigenvalue weighted by atomic mass is 10.1. The van der Waals surface area contributed by atoms with Crippen molar-refractivity contribution >= 4 is 23.2 Å². The molecular formula is C14H21N3O3S. The van der Waals surface area contributed by atoms with E-state index in [0.717, 1.165) is 5.56 Å². The quantitative estimate of drug-likeness (QED) is 0.537. The Balaban J connectivity index is 2.41. The fraction of sp³-hybridized carbons (Fsp3) is 0.429. The molecule has 0 aliphatic heterocycles. The van der Waals surface area contributed by atoms with Gasteiger partial charge in [-0.2, -0.15) is 0 Å². The van der Waals surface area contributed by atoms with Crippen molar-refractivity contribution in [1.29, 1.82) is 0 Å². The zero-order valence-corrected chi connectivity index (χ0v) is 13.3. The zero-order chi connectivity index (χ0) is 15.7. The van der Waals surface area contributed by atoms with Gasteiger partial charge in [-0.25, -0.2) is 0 Å². The Morgan fingerprint density at radius 1 is 1.19 bits per heavy atom. The molecule has 1 aromatic carbocycles. The number of thiocarbonyl (C=S) groups is 1. The van der Waals surface area contributed by atoms with Gasteiger partial charge in [-0.1, -0.05) is 12.1 Å². The number of hydrogen-bond donors (Lipinski definition) is 3. The topological polar surface area (TPSA) is 71.6 Å². The van der Waals surface area contributed by atoms with Gasteiger partial charge in [-0.3, -0.25) is 15.6 Å². The monoisotopic (exact) mass is 311 g/mol. The van der Waals surface area contributed by atoms with Crippen LogP contribution in [-0.2, 0) is 16.1 Å². The Morgan fingerprint density at radius 2 is 1.86 bits per heavy atom. The molecule has 116 valence electrons. The predicted octanol–water partition coefficient (Wildman–Crippen LogP) is 0.977. The van der Waals surface area contributed by atoms with Crippen LogP contribution in [-0.4, -0.2) is 37.9 Å². The first-order valence-corrected chi connectivity index (χ1v) is 6.91. The minimum Gasteiger partial charge on any atom is -0.383 e. The number of amides is 1. The molecule has 1 aromatic rings. The summed E-state index contributed by atoms with van der Waals surface area (Å²) in [5, 5.41) is 3.31. The first kappa shape index (κ1) is 17.4. The molecule has 3 N–H and O–H groups in total. The van der Waals surface area contributed by atoms with Gasteiger partial charge in [0.2, 0.25) is 0 Å². The smallest absolute Gasteiger partial charge is 0.269 e. The van der Waals surface area contributed by atoms with Crippen molar-refractivity contribution in [3.05, 3.63) is 35.4 Å². The summed E-state index contributed by atoms with van der Waals surface area (Å²) in [6.45, 7) is 2.97. The molecular weight excluding hydrogens is 290 g/mol. The van der Waals surface area contributed by atoms with Crippen LogP contribution < -0.4 is 16.2 Å². The molecule has 0 aromatic heterocycles. The molecule has 1 atom stereocenters. The van der Waals surface area contributed by atoms with E-state index in [1.54, 1.807) is 26.4 Å². The molecule has 1 amide bonds. The van der Waals surface area contributed by atoms with E-state index in [1.165, 1.54) is 0 Å². The third-order valence-electron chi connectivity index (χ3n) is 2.61. The van der Waals surface area contributed by atoms with Crippen molar-refractivity contribution in [2.75, 3.05) is 20.8 Å². The maximum Gasteiger partial charge on any atom is 0.269 e. The first-order valence-electron chi connectivity index (χ1n) is 6.50. The van der Waals surface area contributed by atoms with Gasteiger partial charge < -0.3 is 14.8 Å². The average Bonchev–Trinajstić information content (AvgIpc) is 2.46. The maximum absolute atomic E-state index is 11.9. The van der Waals surface area contributed by atoms with Crippen LogP contribution in [0.15, 0.2) is 24.3 Å². The second kappa shape index (κ2) is 9.28. The number of carbonyl (C=O) groups excluding carboxylic acids is 1. The Kier molecular flexibility index (Phi) is 7.66. The molecule has 0 heterocycles. The lowest BCUT2D eigenvalue weighted by molar-refractivity contribution is 0.0943. The fourth-order valence-corrected chi connectivity index (χ4v) is 1.91. The van der Waals surface area contributed by atoms with Gasteiger partial charge in [0.25, 0.3) is 5.91 Å².